The predicted molar refractivity (Wildman–Crippen MR) is 63.1 cm³/mol. The third-order valence-electron chi connectivity index (χ3n) is 2.09. The number of nitrogens with one attached hydrogen (secondary N) is 1. The zero-order valence-corrected chi connectivity index (χ0v) is 9.25. The Labute approximate surface area is 98.2 Å². The third-order valence-corrected chi connectivity index (χ3v) is 2.09. The Morgan fingerprint density at radius 2 is 2.06 bits per heavy atom. The Morgan fingerprint density at radius 1 is 1.29 bits per heavy atom. The highest BCUT2D eigenvalue weighted by molar-refractivity contribution is 5.90. The molecule has 1 aromatic heterocycles. The number of rotatable bonds is 3. The molecule has 0 unspecified atom stereocenters. The fourth-order valence-corrected chi connectivity index (χ4v) is 1.24. The fourth-order valence-electron chi connectivity index (χ4n) is 1.24. The molecule has 0 aliphatic heterocycles. The maximum atomic E-state index is 11.2. The number of nitrogens with zero attached hydrogens (tertiary/aromatic N) is 2. The van der Waals surface area contributed by atoms with Crippen molar-refractivity contribution in [2.24, 2.45) is 0 Å². The number of aromatic nitrogens is 2. The number of carbonyl (C=O) groups is 1. The minimum atomic E-state index is -0.367. The Hall–Kier alpha value is -2.43. The van der Waals surface area contributed by atoms with Crippen LogP contribution in [0.25, 0.3) is 12.2 Å². The molecule has 0 radical (unpaired) electrons. The number of benzene rings is 1. The number of carbonyl (C=O) groups excluding carboxylic acids is 1. The quantitative estimate of drug-likeness (QED) is 0.868. The second-order valence-electron chi connectivity index (χ2n) is 3.28. The van der Waals surface area contributed by atoms with Crippen LogP contribution in [-0.4, -0.2) is 23.1 Å². The zero-order chi connectivity index (χ0) is 12.1. The molecule has 0 atom stereocenters. The first-order valence-electron chi connectivity index (χ1n) is 5.08. The molecule has 0 fully saturated rings. The van der Waals surface area contributed by atoms with Gasteiger partial charge in [0.1, 0.15) is 0 Å². The molecule has 0 bridgehead atoms. The average molecular weight is 229 g/mol. The predicted octanol–water partition coefficient (Wildman–Crippen LogP) is 1.60. The molecular weight excluding hydrogens is 218 g/mol. The summed E-state index contributed by atoms with van der Waals surface area (Å²) in [6.45, 7) is 0. The van der Waals surface area contributed by atoms with Crippen LogP contribution in [0.5, 0.6) is 0 Å². The Balaban J connectivity index is 2.12. The molecule has 0 saturated heterocycles. The molecule has 1 amide bonds. The normalized spacial score (nSPS) is 10.6. The minimum absolute atomic E-state index is 0.0280. The summed E-state index contributed by atoms with van der Waals surface area (Å²) >= 11 is 0. The highest BCUT2D eigenvalue weighted by Crippen LogP contribution is 2.06. The monoisotopic (exact) mass is 229 g/mol. The van der Waals surface area contributed by atoms with Gasteiger partial charge in [0.05, 0.1) is 0 Å². The average Bonchev–Trinajstić information content (AvgIpc) is 2.85. The summed E-state index contributed by atoms with van der Waals surface area (Å²) in [5.41, 5.74) is 1.02. The zero-order valence-electron chi connectivity index (χ0n) is 9.25. The Morgan fingerprint density at radius 3 is 2.76 bits per heavy atom. The highest BCUT2D eigenvalue weighted by atomic mass is 16.5. The van der Waals surface area contributed by atoms with E-state index < -0.39 is 0 Å². The molecule has 2 aromatic rings. The lowest BCUT2D eigenvalue weighted by Gasteiger charge is -1.89. The molecule has 5 nitrogen and oxygen atoms in total. The van der Waals surface area contributed by atoms with Crippen LogP contribution < -0.4 is 5.32 Å². The molecule has 17 heavy (non-hydrogen) atoms. The van der Waals surface area contributed by atoms with E-state index in [1.54, 1.807) is 6.08 Å². The van der Waals surface area contributed by atoms with Crippen molar-refractivity contribution in [1.29, 1.82) is 0 Å². The van der Waals surface area contributed by atoms with Crippen molar-refractivity contribution in [3.8, 4) is 0 Å². The number of hydrogen-bond acceptors (Lipinski definition) is 4. The number of amides is 1. The maximum Gasteiger partial charge on any atom is 0.292 e. The van der Waals surface area contributed by atoms with E-state index in [9.17, 15) is 4.79 Å². The van der Waals surface area contributed by atoms with Gasteiger partial charge in [-0.2, -0.15) is 4.98 Å². The van der Waals surface area contributed by atoms with E-state index in [1.807, 2.05) is 36.4 Å². The van der Waals surface area contributed by atoms with E-state index in [0.717, 1.165) is 5.56 Å². The lowest BCUT2D eigenvalue weighted by Crippen LogP contribution is -2.19. The second-order valence-corrected chi connectivity index (χ2v) is 3.28. The van der Waals surface area contributed by atoms with Gasteiger partial charge in [-0.05, 0) is 11.6 Å². The van der Waals surface area contributed by atoms with Crippen LogP contribution in [0.1, 0.15) is 22.1 Å². The van der Waals surface area contributed by atoms with Crippen molar-refractivity contribution in [1.82, 2.24) is 15.5 Å². The van der Waals surface area contributed by atoms with Crippen molar-refractivity contribution < 1.29 is 9.32 Å². The van der Waals surface area contributed by atoms with E-state index >= 15 is 0 Å². The summed E-state index contributed by atoms with van der Waals surface area (Å²) in [6, 6.07) is 9.71. The molecule has 1 heterocycles. The first kappa shape index (κ1) is 11.1. The van der Waals surface area contributed by atoms with Gasteiger partial charge in [-0.15, -0.1) is 0 Å². The minimum Gasteiger partial charge on any atom is -0.352 e. The van der Waals surface area contributed by atoms with Crippen LogP contribution in [0.15, 0.2) is 34.9 Å². The van der Waals surface area contributed by atoms with Gasteiger partial charge in [0, 0.05) is 13.1 Å². The van der Waals surface area contributed by atoms with E-state index in [0.29, 0.717) is 5.89 Å². The molecule has 0 spiro atoms. The smallest absolute Gasteiger partial charge is 0.292 e. The van der Waals surface area contributed by atoms with Gasteiger partial charge in [-0.25, -0.2) is 0 Å². The van der Waals surface area contributed by atoms with Gasteiger partial charge in [0.25, 0.3) is 17.6 Å². The van der Waals surface area contributed by atoms with Gasteiger partial charge in [0.2, 0.25) is 0 Å². The van der Waals surface area contributed by atoms with Crippen LogP contribution in [0.2, 0.25) is 0 Å². The first-order valence-corrected chi connectivity index (χ1v) is 5.08. The van der Waals surface area contributed by atoms with Gasteiger partial charge in [-0.3, -0.25) is 4.79 Å². The van der Waals surface area contributed by atoms with Gasteiger partial charge in [-0.1, -0.05) is 35.5 Å². The topological polar surface area (TPSA) is 68.0 Å². The van der Waals surface area contributed by atoms with Crippen LogP contribution in [0.4, 0.5) is 0 Å². The van der Waals surface area contributed by atoms with Crippen molar-refractivity contribution in [3.63, 3.8) is 0 Å². The van der Waals surface area contributed by atoms with Crippen molar-refractivity contribution in [2.75, 3.05) is 7.05 Å². The third kappa shape index (κ3) is 2.78. The van der Waals surface area contributed by atoms with E-state index in [-0.39, 0.29) is 11.7 Å². The summed E-state index contributed by atoms with van der Waals surface area (Å²) in [4.78, 5) is 15.1. The molecule has 1 N–H and O–H groups in total. The molecule has 0 aliphatic carbocycles. The summed E-state index contributed by atoms with van der Waals surface area (Å²) in [5.74, 6) is -0.0409. The van der Waals surface area contributed by atoms with Crippen molar-refractivity contribution in [3.05, 3.63) is 47.6 Å². The van der Waals surface area contributed by atoms with Gasteiger partial charge in [0.15, 0.2) is 0 Å². The van der Waals surface area contributed by atoms with E-state index in [1.165, 1.54) is 7.05 Å². The molecule has 5 heteroatoms. The van der Waals surface area contributed by atoms with Crippen LogP contribution in [0.3, 0.4) is 0 Å². The molecule has 0 aliphatic rings. The van der Waals surface area contributed by atoms with Gasteiger partial charge < -0.3 is 9.84 Å². The van der Waals surface area contributed by atoms with E-state index in [2.05, 4.69) is 15.5 Å². The fraction of sp³-hybridized carbons (Fsp3) is 0.0833. The Kier molecular flexibility index (Phi) is 3.30. The molecule has 2 rings (SSSR count). The second kappa shape index (κ2) is 5.07. The van der Waals surface area contributed by atoms with Crippen LogP contribution in [-0.2, 0) is 0 Å². The summed E-state index contributed by atoms with van der Waals surface area (Å²) in [7, 11) is 1.51. The van der Waals surface area contributed by atoms with Crippen LogP contribution in [0, 0.1) is 0 Å². The standard InChI is InChI=1S/C12H11N3O2/c1-13-12(16)11-14-10(17-15-11)8-7-9-5-3-2-4-6-9/h2-8H,1H3,(H,13,16). The first-order chi connectivity index (χ1) is 8.29. The molecule has 1 aromatic carbocycles. The Bertz CT molecular complexity index is 532. The molecule has 0 saturated carbocycles. The summed E-state index contributed by atoms with van der Waals surface area (Å²) in [5, 5.41) is 5.97. The van der Waals surface area contributed by atoms with E-state index in [4.69, 9.17) is 4.52 Å². The number of hydrogen-bond donors (Lipinski definition) is 1. The largest absolute Gasteiger partial charge is 0.352 e. The highest BCUT2D eigenvalue weighted by Gasteiger charge is 2.10. The van der Waals surface area contributed by atoms with Crippen molar-refractivity contribution >= 4 is 18.1 Å². The molecular formula is C12H11N3O2. The molecule has 86 valence electrons. The lowest BCUT2D eigenvalue weighted by atomic mass is 10.2. The van der Waals surface area contributed by atoms with Gasteiger partial charge >= 0.3 is 0 Å². The lowest BCUT2D eigenvalue weighted by molar-refractivity contribution is 0.0950. The summed E-state index contributed by atoms with van der Waals surface area (Å²) in [6.07, 6.45) is 3.50. The SMILES string of the molecule is CNC(=O)c1noc(C=Cc2ccccc2)n1. The maximum absolute atomic E-state index is 11.2. The van der Waals surface area contributed by atoms with Crippen molar-refractivity contribution in [2.45, 2.75) is 0 Å². The summed E-state index contributed by atoms with van der Waals surface area (Å²) < 4.78 is 4.90. The van der Waals surface area contributed by atoms with Crippen LogP contribution >= 0.6 is 0 Å².